The van der Waals surface area contributed by atoms with Crippen molar-refractivity contribution in [1.29, 1.82) is 0 Å². The summed E-state index contributed by atoms with van der Waals surface area (Å²) in [5.41, 5.74) is 3.71. The Kier molecular flexibility index (Phi) is 9.87. The van der Waals surface area contributed by atoms with E-state index in [4.69, 9.17) is 0 Å². The second kappa shape index (κ2) is 11.0. The Labute approximate surface area is 197 Å². The summed E-state index contributed by atoms with van der Waals surface area (Å²) in [5, 5.41) is 3.66. The maximum Gasteiger partial charge on any atom is 0 e. The van der Waals surface area contributed by atoms with Gasteiger partial charge in [0.15, 0.2) is 0 Å². The summed E-state index contributed by atoms with van der Waals surface area (Å²) >= 11 is 0. The van der Waals surface area contributed by atoms with E-state index in [9.17, 15) is 0 Å². The van der Waals surface area contributed by atoms with Crippen LogP contribution in [0, 0.1) is 23.7 Å². The van der Waals surface area contributed by atoms with E-state index >= 15 is 0 Å². The van der Waals surface area contributed by atoms with Gasteiger partial charge < -0.3 is 0 Å². The average molecular weight is 521 g/mol. The van der Waals surface area contributed by atoms with Crippen molar-refractivity contribution in [3.8, 4) is 0 Å². The molecular formula is C26H44P2Rh. The number of hydrogen-bond donors (Lipinski definition) is 0. The van der Waals surface area contributed by atoms with Crippen LogP contribution in [-0.4, -0.2) is 22.6 Å². The Morgan fingerprint density at radius 1 is 0.552 bits per heavy atom. The van der Waals surface area contributed by atoms with Crippen molar-refractivity contribution in [1.82, 2.24) is 0 Å². The fourth-order valence-electron chi connectivity index (χ4n) is 5.96. The van der Waals surface area contributed by atoms with Gasteiger partial charge in [-0.2, -0.15) is 0 Å². The molecule has 4 atom stereocenters. The quantitative estimate of drug-likeness (QED) is 0.267. The topological polar surface area (TPSA) is 0 Å². The first-order valence-electron chi connectivity index (χ1n) is 11.9. The molecule has 0 aromatic heterocycles. The molecule has 2 heterocycles. The van der Waals surface area contributed by atoms with Crippen molar-refractivity contribution in [3.05, 3.63) is 24.3 Å². The molecular weight excluding hydrogens is 477 g/mol. The van der Waals surface area contributed by atoms with Crippen molar-refractivity contribution < 1.29 is 19.5 Å². The minimum atomic E-state index is -0.0433. The molecule has 3 rings (SSSR count). The van der Waals surface area contributed by atoms with E-state index in [0.29, 0.717) is 0 Å². The Morgan fingerprint density at radius 2 is 0.793 bits per heavy atom. The summed E-state index contributed by atoms with van der Waals surface area (Å²) in [7, 11) is -0.0867. The molecule has 1 aromatic rings. The van der Waals surface area contributed by atoms with E-state index in [1.807, 2.05) is 10.6 Å². The molecule has 3 heteroatoms. The van der Waals surface area contributed by atoms with Gasteiger partial charge in [0.05, 0.1) is 0 Å². The predicted molar refractivity (Wildman–Crippen MR) is 133 cm³/mol. The van der Waals surface area contributed by atoms with E-state index in [1.165, 1.54) is 25.7 Å². The zero-order valence-corrected chi connectivity index (χ0v) is 23.4. The molecule has 2 fully saturated rings. The van der Waals surface area contributed by atoms with Crippen LogP contribution < -0.4 is 10.6 Å². The molecule has 29 heavy (non-hydrogen) atoms. The normalized spacial score (nSPS) is 28.8. The molecule has 1 radical (unpaired) electrons. The minimum absolute atomic E-state index is 0. The summed E-state index contributed by atoms with van der Waals surface area (Å²) in [5.74, 6) is 3.28. The number of benzene rings is 1. The van der Waals surface area contributed by atoms with Crippen LogP contribution in [0.3, 0.4) is 0 Å². The van der Waals surface area contributed by atoms with Crippen LogP contribution >= 0.6 is 15.8 Å². The number of hydrogen-bond acceptors (Lipinski definition) is 0. The zero-order chi connectivity index (χ0) is 20.6. The van der Waals surface area contributed by atoms with Gasteiger partial charge >= 0.3 is 0 Å². The van der Waals surface area contributed by atoms with Gasteiger partial charge in [-0.05, 0) is 82.6 Å². The third-order valence-electron chi connectivity index (χ3n) is 7.46. The van der Waals surface area contributed by atoms with Gasteiger partial charge in [-0.15, -0.1) is 0 Å². The number of rotatable bonds is 6. The van der Waals surface area contributed by atoms with Crippen molar-refractivity contribution >= 4 is 26.5 Å². The Bertz CT molecular complexity index is 552. The molecule has 0 N–H and O–H groups in total. The molecule has 0 saturated carbocycles. The molecule has 0 nitrogen and oxygen atoms in total. The molecule has 0 spiro atoms. The average Bonchev–Trinajstić information content (AvgIpc) is 3.26. The zero-order valence-electron chi connectivity index (χ0n) is 20.0. The van der Waals surface area contributed by atoms with Crippen molar-refractivity contribution in [2.45, 2.75) is 104 Å². The maximum atomic E-state index is 2.58. The van der Waals surface area contributed by atoms with Crippen LogP contribution in [0.25, 0.3) is 0 Å². The summed E-state index contributed by atoms with van der Waals surface area (Å²) in [6.07, 6.45) is 5.83. The van der Waals surface area contributed by atoms with E-state index in [0.717, 1.165) is 46.3 Å². The smallest absolute Gasteiger partial charge is 0 e. The molecule has 0 unspecified atom stereocenters. The molecule has 167 valence electrons. The van der Waals surface area contributed by atoms with E-state index in [2.05, 4.69) is 79.7 Å². The SMILES string of the molecule is CC(C)[C@H]1CC[C@H](C(C)C)P1c1ccccc1P1[C@@H](C(C)C)CC[C@@H]1C(C)C.[Rh]. The molecule has 0 aliphatic carbocycles. The first-order valence-corrected chi connectivity index (χ1v) is 14.9. The molecule has 2 saturated heterocycles. The molecule has 2 aliphatic rings. The van der Waals surface area contributed by atoms with Crippen LogP contribution in [0.4, 0.5) is 0 Å². The summed E-state index contributed by atoms with van der Waals surface area (Å²) in [4.78, 5) is 0. The Hall–Kier alpha value is 0.703. The van der Waals surface area contributed by atoms with Gasteiger partial charge in [-0.1, -0.05) is 95.5 Å². The molecule has 0 amide bonds. The van der Waals surface area contributed by atoms with Gasteiger partial charge in [-0.3, -0.25) is 0 Å². The van der Waals surface area contributed by atoms with Crippen LogP contribution in [0.15, 0.2) is 24.3 Å². The van der Waals surface area contributed by atoms with Gasteiger partial charge in [0, 0.05) is 19.5 Å². The fourth-order valence-corrected chi connectivity index (χ4v) is 14.5. The van der Waals surface area contributed by atoms with Crippen molar-refractivity contribution in [2.24, 2.45) is 23.7 Å². The monoisotopic (exact) mass is 521 g/mol. The van der Waals surface area contributed by atoms with Crippen molar-refractivity contribution in [2.75, 3.05) is 0 Å². The molecule has 0 bridgehead atoms. The fraction of sp³-hybridized carbons (Fsp3) is 0.769. The molecule has 2 aliphatic heterocycles. The van der Waals surface area contributed by atoms with E-state index in [-0.39, 0.29) is 35.3 Å². The second-order valence-electron chi connectivity index (χ2n) is 10.7. The van der Waals surface area contributed by atoms with Gasteiger partial charge in [0.1, 0.15) is 0 Å². The Balaban J connectivity index is 0.00000300. The largest absolute Gasteiger partial charge is 0.0677 e. The first kappa shape index (κ1) is 26.0. The minimum Gasteiger partial charge on any atom is -0.0677 e. The van der Waals surface area contributed by atoms with Crippen LogP contribution in [0.2, 0.25) is 0 Å². The van der Waals surface area contributed by atoms with E-state index < -0.39 is 0 Å². The third kappa shape index (κ3) is 5.38. The summed E-state index contributed by atoms with van der Waals surface area (Å²) < 4.78 is 0. The van der Waals surface area contributed by atoms with Crippen LogP contribution in [-0.2, 0) is 19.5 Å². The third-order valence-corrected chi connectivity index (χ3v) is 15.8. The predicted octanol–water partition coefficient (Wildman–Crippen LogP) is 7.58. The van der Waals surface area contributed by atoms with Gasteiger partial charge in [0.2, 0.25) is 0 Å². The maximum absolute atomic E-state index is 2.58. The van der Waals surface area contributed by atoms with Gasteiger partial charge in [0.25, 0.3) is 0 Å². The van der Waals surface area contributed by atoms with Crippen LogP contribution in [0.1, 0.15) is 81.1 Å². The first-order chi connectivity index (χ1) is 13.2. The van der Waals surface area contributed by atoms with E-state index in [1.54, 1.807) is 0 Å². The second-order valence-corrected chi connectivity index (χ2v) is 15.9. The van der Waals surface area contributed by atoms with Crippen molar-refractivity contribution in [3.63, 3.8) is 0 Å². The molecule has 1 aromatic carbocycles. The van der Waals surface area contributed by atoms with Gasteiger partial charge in [-0.25, -0.2) is 0 Å². The Morgan fingerprint density at radius 3 is 1.00 bits per heavy atom. The van der Waals surface area contributed by atoms with Crippen LogP contribution in [0.5, 0.6) is 0 Å². The summed E-state index contributed by atoms with van der Waals surface area (Å²) in [6, 6.07) is 9.86. The summed E-state index contributed by atoms with van der Waals surface area (Å²) in [6.45, 7) is 19.9. The standard InChI is InChI=1S/C26H44P2.Rh/c1-17(2)21-13-14-22(18(3)4)27(21)25-11-9-10-12-26(25)28-23(19(5)6)15-16-24(28)20(7)8;/h9-12,17-24H,13-16H2,1-8H3;/t21-,22-,23-,24-;/m1./s1.